The highest BCUT2D eigenvalue weighted by Crippen LogP contribution is 2.24. The summed E-state index contributed by atoms with van der Waals surface area (Å²) in [6.45, 7) is 4.00. The van der Waals surface area contributed by atoms with Crippen molar-refractivity contribution >= 4 is 28.1 Å². The van der Waals surface area contributed by atoms with Crippen LogP contribution < -0.4 is 5.73 Å². The lowest BCUT2D eigenvalue weighted by molar-refractivity contribution is 0.682. The van der Waals surface area contributed by atoms with Gasteiger partial charge in [-0.1, -0.05) is 29.3 Å². The zero-order chi connectivity index (χ0) is 14.0. The summed E-state index contributed by atoms with van der Waals surface area (Å²) >= 11 is 6.10. The fourth-order valence-corrected chi connectivity index (χ4v) is 3.56. The van der Waals surface area contributed by atoms with Crippen LogP contribution in [0.25, 0.3) is 0 Å². The van der Waals surface area contributed by atoms with Crippen LogP contribution in [0.4, 0.5) is 5.69 Å². The van der Waals surface area contributed by atoms with Crippen LogP contribution in [0.1, 0.15) is 16.7 Å². The van der Waals surface area contributed by atoms with Crippen LogP contribution in [0.2, 0.25) is 5.02 Å². The molecule has 4 heteroatoms. The molecule has 0 fully saturated rings. The van der Waals surface area contributed by atoms with Gasteiger partial charge in [0.15, 0.2) is 0 Å². The number of anilines is 1. The third-order valence-electron chi connectivity index (χ3n) is 2.93. The maximum Gasteiger partial charge on any atom is 0.0577 e. The second-order valence-electron chi connectivity index (χ2n) is 4.61. The van der Waals surface area contributed by atoms with E-state index >= 15 is 0 Å². The second kappa shape index (κ2) is 5.76. The van der Waals surface area contributed by atoms with Crippen molar-refractivity contribution in [2.45, 2.75) is 24.5 Å². The van der Waals surface area contributed by atoms with E-state index in [4.69, 9.17) is 17.3 Å². The lowest BCUT2D eigenvalue weighted by Gasteiger charge is -2.09. The molecular formula is C15H16ClNOS. The predicted molar refractivity (Wildman–Crippen MR) is 81.9 cm³/mol. The molecule has 2 aromatic rings. The SMILES string of the molecule is Cc1ccc(S(=O)Cc2cc(N)ccc2Cl)c(C)c1. The van der Waals surface area contributed by atoms with E-state index in [1.54, 1.807) is 18.2 Å². The van der Waals surface area contributed by atoms with E-state index in [0.717, 1.165) is 16.0 Å². The number of benzene rings is 2. The van der Waals surface area contributed by atoms with Gasteiger partial charge in [0, 0.05) is 15.6 Å². The molecule has 0 amide bonds. The highest BCUT2D eigenvalue weighted by molar-refractivity contribution is 7.84. The van der Waals surface area contributed by atoms with Crippen LogP contribution in [-0.4, -0.2) is 4.21 Å². The third-order valence-corrected chi connectivity index (χ3v) is 4.82. The monoisotopic (exact) mass is 293 g/mol. The molecular weight excluding hydrogens is 278 g/mol. The van der Waals surface area contributed by atoms with Crippen molar-refractivity contribution in [3.8, 4) is 0 Å². The molecule has 19 heavy (non-hydrogen) atoms. The molecule has 2 nitrogen and oxygen atoms in total. The number of hydrogen-bond acceptors (Lipinski definition) is 2. The molecule has 1 atom stereocenters. The Morgan fingerprint density at radius 3 is 2.58 bits per heavy atom. The molecule has 0 aliphatic carbocycles. The van der Waals surface area contributed by atoms with Gasteiger partial charge in [-0.15, -0.1) is 0 Å². The van der Waals surface area contributed by atoms with E-state index in [9.17, 15) is 4.21 Å². The minimum absolute atomic E-state index is 0.383. The first-order valence-corrected chi connectivity index (χ1v) is 7.66. The Morgan fingerprint density at radius 2 is 1.89 bits per heavy atom. The van der Waals surface area contributed by atoms with Gasteiger partial charge in [0.1, 0.15) is 0 Å². The van der Waals surface area contributed by atoms with Gasteiger partial charge >= 0.3 is 0 Å². The largest absolute Gasteiger partial charge is 0.399 e. The van der Waals surface area contributed by atoms with E-state index < -0.39 is 10.8 Å². The summed E-state index contributed by atoms with van der Waals surface area (Å²) in [6, 6.07) is 11.2. The third kappa shape index (κ3) is 3.37. The maximum absolute atomic E-state index is 12.4. The summed E-state index contributed by atoms with van der Waals surface area (Å²) in [7, 11) is -1.11. The summed E-state index contributed by atoms with van der Waals surface area (Å²) in [4.78, 5) is 0.851. The molecule has 1 unspecified atom stereocenters. The molecule has 2 rings (SSSR count). The Hall–Kier alpha value is -1.32. The minimum Gasteiger partial charge on any atom is -0.399 e. The quantitative estimate of drug-likeness (QED) is 0.874. The van der Waals surface area contributed by atoms with Crippen molar-refractivity contribution < 1.29 is 4.21 Å². The van der Waals surface area contributed by atoms with Gasteiger partial charge in [-0.05, 0) is 49.2 Å². The highest BCUT2D eigenvalue weighted by atomic mass is 35.5. The molecule has 2 N–H and O–H groups in total. The van der Waals surface area contributed by atoms with Crippen molar-refractivity contribution in [1.29, 1.82) is 0 Å². The molecule has 0 radical (unpaired) electrons. The van der Waals surface area contributed by atoms with E-state index in [1.807, 2.05) is 32.0 Å². The summed E-state index contributed by atoms with van der Waals surface area (Å²) in [6.07, 6.45) is 0. The van der Waals surface area contributed by atoms with E-state index in [-0.39, 0.29) is 0 Å². The van der Waals surface area contributed by atoms with Crippen LogP contribution in [-0.2, 0) is 16.6 Å². The zero-order valence-electron chi connectivity index (χ0n) is 10.9. The lowest BCUT2D eigenvalue weighted by atomic mass is 10.2. The first-order chi connectivity index (χ1) is 8.97. The number of halogens is 1. The van der Waals surface area contributed by atoms with Crippen molar-refractivity contribution in [2.24, 2.45) is 0 Å². The molecule has 0 spiro atoms. The first kappa shape index (κ1) is 14.1. The number of hydrogen-bond donors (Lipinski definition) is 1. The fraction of sp³-hybridized carbons (Fsp3) is 0.200. The van der Waals surface area contributed by atoms with Gasteiger partial charge in [0.05, 0.1) is 16.6 Å². The van der Waals surface area contributed by atoms with Crippen molar-refractivity contribution in [3.05, 3.63) is 58.1 Å². The topological polar surface area (TPSA) is 43.1 Å². The van der Waals surface area contributed by atoms with Crippen LogP contribution in [0.15, 0.2) is 41.3 Å². The first-order valence-electron chi connectivity index (χ1n) is 5.97. The molecule has 0 aromatic heterocycles. The lowest BCUT2D eigenvalue weighted by Crippen LogP contribution is -2.00. The zero-order valence-corrected chi connectivity index (χ0v) is 12.5. The van der Waals surface area contributed by atoms with Crippen LogP contribution in [0.3, 0.4) is 0 Å². The molecule has 0 aliphatic rings. The second-order valence-corrected chi connectivity index (χ2v) is 6.44. The number of aryl methyl sites for hydroxylation is 2. The molecule has 100 valence electrons. The average molecular weight is 294 g/mol. The van der Waals surface area contributed by atoms with Crippen molar-refractivity contribution in [3.63, 3.8) is 0 Å². The van der Waals surface area contributed by atoms with Gasteiger partial charge in [0.2, 0.25) is 0 Å². The Balaban J connectivity index is 2.28. The molecule has 2 aromatic carbocycles. The van der Waals surface area contributed by atoms with E-state index in [2.05, 4.69) is 0 Å². The number of nitrogen functional groups attached to an aromatic ring is 1. The normalized spacial score (nSPS) is 12.4. The summed E-state index contributed by atoms with van der Waals surface area (Å²) in [5.74, 6) is 0.383. The Kier molecular flexibility index (Phi) is 4.27. The number of rotatable bonds is 3. The fourth-order valence-electron chi connectivity index (χ4n) is 1.98. The average Bonchev–Trinajstić information content (AvgIpc) is 2.33. The molecule has 0 bridgehead atoms. The molecule has 0 heterocycles. The number of nitrogens with two attached hydrogens (primary N) is 1. The van der Waals surface area contributed by atoms with E-state index in [0.29, 0.717) is 16.5 Å². The Labute approximate surface area is 121 Å². The summed E-state index contributed by atoms with van der Waals surface area (Å²) in [5.41, 5.74) is 9.40. The standard InChI is InChI=1S/C15H16ClNOS/c1-10-3-6-15(11(2)7-10)19(18)9-12-8-13(17)4-5-14(12)16/h3-8H,9,17H2,1-2H3. The Morgan fingerprint density at radius 1 is 1.16 bits per heavy atom. The predicted octanol–water partition coefficient (Wildman–Crippen LogP) is 3.85. The molecule has 0 aliphatic heterocycles. The Bertz CT molecular complexity index is 640. The maximum atomic E-state index is 12.4. The summed E-state index contributed by atoms with van der Waals surface area (Å²) in [5, 5.41) is 0.604. The van der Waals surface area contributed by atoms with Crippen molar-refractivity contribution in [1.82, 2.24) is 0 Å². The van der Waals surface area contributed by atoms with Gasteiger partial charge < -0.3 is 5.73 Å². The van der Waals surface area contributed by atoms with Crippen LogP contribution >= 0.6 is 11.6 Å². The van der Waals surface area contributed by atoms with Gasteiger partial charge in [0.25, 0.3) is 0 Å². The van der Waals surface area contributed by atoms with E-state index in [1.165, 1.54) is 5.56 Å². The van der Waals surface area contributed by atoms with Gasteiger partial charge in [-0.3, -0.25) is 4.21 Å². The smallest absolute Gasteiger partial charge is 0.0577 e. The minimum atomic E-state index is -1.11. The van der Waals surface area contributed by atoms with Crippen LogP contribution in [0.5, 0.6) is 0 Å². The summed E-state index contributed by atoms with van der Waals surface area (Å²) < 4.78 is 12.4. The molecule has 0 saturated heterocycles. The van der Waals surface area contributed by atoms with Crippen LogP contribution in [0, 0.1) is 13.8 Å². The highest BCUT2D eigenvalue weighted by Gasteiger charge is 2.11. The van der Waals surface area contributed by atoms with Gasteiger partial charge in [-0.2, -0.15) is 0 Å². The van der Waals surface area contributed by atoms with Gasteiger partial charge in [-0.25, -0.2) is 0 Å². The van der Waals surface area contributed by atoms with Crippen molar-refractivity contribution in [2.75, 3.05) is 5.73 Å². The molecule has 0 saturated carbocycles.